The van der Waals surface area contributed by atoms with E-state index in [0.717, 1.165) is 54.6 Å². The number of hydrogen-bond acceptors (Lipinski definition) is 4. The standard InChI is InChI=1S/C23H37N5O2.HI/c1-5-7-13-29-15-16-30-14-12-25-23(24-6-2)26-18-21-10-8-9-11-22(21)28-20(4)17-19(3)27-28;/h8-11,17H,5-7,12-16,18H2,1-4H3,(H2,24,25,26);1H. The van der Waals surface area contributed by atoms with Crippen molar-refractivity contribution in [3.63, 3.8) is 0 Å². The highest BCUT2D eigenvalue weighted by Crippen LogP contribution is 2.17. The van der Waals surface area contributed by atoms with Gasteiger partial charge >= 0.3 is 0 Å². The molecule has 0 bridgehead atoms. The lowest BCUT2D eigenvalue weighted by Crippen LogP contribution is -2.39. The lowest BCUT2D eigenvalue weighted by atomic mass is 10.2. The topological polar surface area (TPSA) is 72.7 Å². The number of benzene rings is 1. The highest BCUT2D eigenvalue weighted by atomic mass is 127. The van der Waals surface area contributed by atoms with E-state index < -0.39 is 0 Å². The molecule has 0 saturated heterocycles. The number of unbranched alkanes of at least 4 members (excludes halogenated alkanes) is 1. The van der Waals surface area contributed by atoms with Gasteiger partial charge in [0.2, 0.25) is 0 Å². The van der Waals surface area contributed by atoms with Crippen LogP contribution >= 0.6 is 24.0 Å². The van der Waals surface area contributed by atoms with Crippen LogP contribution in [-0.4, -0.2) is 55.3 Å². The maximum Gasteiger partial charge on any atom is 0.191 e. The second-order valence-electron chi connectivity index (χ2n) is 7.17. The van der Waals surface area contributed by atoms with Crippen LogP contribution in [0, 0.1) is 13.8 Å². The van der Waals surface area contributed by atoms with Crippen LogP contribution in [0.3, 0.4) is 0 Å². The fourth-order valence-corrected chi connectivity index (χ4v) is 3.04. The summed E-state index contributed by atoms with van der Waals surface area (Å²) in [5.74, 6) is 0.781. The van der Waals surface area contributed by atoms with Crippen molar-refractivity contribution in [3.8, 4) is 5.69 Å². The van der Waals surface area contributed by atoms with E-state index in [2.05, 4.69) is 54.7 Å². The molecule has 0 amide bonds. The zero-order valence-electron chi connectivity index (χ0n) is 19.3. The summed E-state index contributed by atoms with van der Waals surface area (Å²) in [4.78, 5) is 4.75. The molecular formula is C23H38IN5O2. The number of hydrogen-bond donors (Lipinski definition) is 2. The first kappa shape index (κ1) is 27.4. The minimum Gasteiger partial charge on any atom is -0.379 e. The minimum atomic E-state index is 0. The third kappa shape index (κ3) is 10.0. The molecule has 2 aromatic rings. The monoisotopic (exact) mass is 543 g/mol. The van der Waals surface area contributed by atoms with Crippen LogP contribution < -0.4 is 10.6 Å². The van der Waals surface area contributed by atoms with E-state index in [0.29, 0.717) is 32.9 Å². The molecule has 0 aliphatic rings. The van der Waals surface area contributed by atoms with Gasteiger partial charge in [0.1, 0.15) is 0 Å². The molecule has 2 rings (SSSR count). The average molecular weight is 543 g/mol. The summed E-state index contributed by atoms with van der Waals surface area (Å²) in [6.45, 7) is 13.1. The Labute approximate surface area is 204 Å². The van der Waals surface area contributed by atoms with Crippen LogP contribution in [0.15, 0.2) is 35.3 Å². The van der Waals surface area contributed by atoms with Crippen molar-refractivity contribution in [2.24, 2.45) is 4.99 Å². The summed E-state index contributed by atoms with van der Waals surface area (Å²) in [6.07, 6.45) is 2.26. The van der Waals surface area contributed by atoms with Crippen molar-refractivity contribution >= 4 is 29.9 Å². The molecule has 8 heteroatoms. The molecule has 1 heterocycles. The Bertz CT molecular complexity index is 779. The van der Waals surface area contributed by atoms with Gasteiger partial charge in [0, 0.05) is 25.4 Å². The van der Waals surface area contributed by atoms with Gasteiger partial charge in [0.05, 0.1) is 37.7 Å². The summed E-state index contributed by atoms with van der Waals surface area (Å²) >= 11 is 0. The van der Waals surface area contributed by atoms with E-state index in [4.69, 9.17) is 14.5 Å². The first-order valence-electron chi connectivity index (χ1n) is 10.9. The molecule has 0 radical (unpaired) electrons. The van der Waals surface area contributed by atoms with Crippen LogP contribution in [0.4, 0.5) is 0 Å². The number of para-hydroxylation sites is 1. The van der Waals surface area contributed by atoms with Gasteiger partial charge in [-0.2, -0.15) is 5.10 Å². The molecule has 0 aliphatic heterocycles. The van der Waals surface area contributed by atoms with Gasteiger partial charge in [-0.3, -0.25) is 0 Å². The largest absolute Gasteiger partial charge is 0.379 e. The van der Waals surface area contributed by atoms with Crippen LogP contribution in [0.1, 0.15) is 43.6 Å². The molecule has 31 heavy (non-hydrogen) atoms. The fourth-order valence-electron chi connectivity index (χ4n) is 3.04. The van der Waals surface area contributed by atoms with Gasteiger partial charge < -0.3 is 20.1 Å². The first-order chi connectivity index (χ1) is 14.7. The molecule has 174 valence electrons. The highest BCUT2D eigenvalue weighted by Gasteiger charge is 2.08. The molecule has 0 saturated carbocycles. The number of ether oxygens (including phenoxy) is 2. The zero-order valence-corrected chi connectivity index (χ0v) is 21.6. The van der Waals surface area contributed by atoms with E-state index in [-0.39, 0.29) is 24.0 Å². The van der Waals surface area contributed by atoms with Gasteiger partial charge in [0.15, 0.2) is 5.96 Å². The van der Waals surface area contributed by atoms with Crippen molar-refractivity contribution in [2.75, 3.05) is 39.5 Å². The van der Waals surface area contributed by atoms with Gasteiger partial charge in [-0.05, 0) is 44.9 Å². The molecule has 7 nitrogen and oxygen atoms in total. The van der Waals surface area contributed by atoms with Crippen molar-refractivity contribution in [3.05, 3.63) is 47.3 Å². The molecule has 1 aromatic heterocycles. The normalized spacial score (nSPS) is 11.3. The predicted molar refractivity (Wildman–Crippen MR) is 138 cm³/mol. The van der Waals surface area contributed by atoms with Crippen LogP contribution in [-0.2, 0) is 16.0 Å². The Hall–Kier alpha value is -1.65. The number of aryl methyl sites for hydroxylation is 2. The molecule has 0 spiro atoms. The van der Waals surface area contributed by atoms with Crippen molar-refractivity contribution in [1.29, 1.82) is 0 Å². The lowest BCUT2D eigenvalue weighted by Gasteiger charge is -2.13. The van der Waals surface area contributed by atoms with Gasteiger partial charge in [0.25, 0.3) is 0 Å². The fraction of sp³-hybridized carbons (Fsp3) is 0.565. The van der Waals surface area contributed by atoms with Crippen LogP contribution in [0.25, 0.3) is 5.69 Å². The van der Waals surface area contributed by atoms with Crippen molar-refractivity contribution in [1.82, 2.24) is 20.4 Å². The van der Waals surface area contributed by atoms with E-state index in [1.807, 2.05) is 23.7 Å². The molecule has 0 aliphatic carbocycles. The number of aliphatic imine (C=N–C) groups is 1. The third-order valence-electron chi connectivity index (χ3n) is 4.53. The second-order valence-corrected chi connectivity index (χ2v) is 7.17. The number of halogens is 1. The number of guanidine groups is 1. The summed E-state index contributed by atoms with van der Waals surface area (Å²) in [5.41, 5.74) is 4.32. The Morgan fingerprint density at radius 3 is 2.45 bits per heavy atom. The van der Waals surface area contributed by atoms with E-state index in [9.17, 15) is 0 Å². The molecule has 0 unspecified atom stereocenters. The summed E-state index contributed by atoms with van der Waals surface area (Å²) in [6, 6.07) is 10.3. The summed E-state index contributed by atoms with van der Waals surface area (Å²) in [7, 11) is 0. The smallest absolute Gasteiger partial charge is 0.191 e. The zero-order chi connectivity index (χ0) is 21.6. The maximum atomic E-state index is 5.62. The Balaban J connectivity index is 0.00000480. The SMILES string of the molecule is CCCCOCCOCCNC(=NCc1ccccc1-n1nc(C)cc1C)NCC.I. The van der Waals surface area contributed by atoms with Gasteiger partial charge in [-0.15, -0.1) is 24.0 Å². The number of rotatable bonds is 13. The molecule has 1 aromatic carbocycles. The third-order valence-corrected chi connectivity index (χ3v) is 4.53. The van der Waals surface area contributed by atoms with Gasteiger partial charge in [-0.25, -0.2) is 9.67 Å². The minimum absolute atomic E-state index is 0. The summed E-state index contributed by atoms with van der Waals surface area (Å²) < 4.78 is 13.1. The number of nitrogens with one attached hydrogen (secondary N) is 2. The first-order valence-corrected chi connectivity index (χ1v) is 10.9. The number of aromatic nitrogens is 2. The Morgan fingerprint density at radius 1 is 1.03 bits per heavy atom. The van der Waals surface area contributed by atoms with E-state index >= 15 is 0 Å². The Morgan fingerprint density at radius 2 is 1.77 bits per heavy atom. The summed E-state index contributed by atoms with van der Waals surface area (Å²) in [5, 5.41) is 11.2. The number of nitrogens with zero attached hydrogens (tertiary/aromatic N) is 3. The molecular weight excluding hydrogens is 505 g/mol. The second kappa shape index (κ2) is 16.0. The van der Waals surface area contributed by atoms with Crippen LogP contribution in [0.5, 0.6) is 0 Å². The van der Waals surface area contributed by atoms with E-state index in [1.165, 1.54) is 0 Å². The van der Waals surface area contributed by atoms with Gasteiger partial charge in [-0.1, -0.05) is 31.5 Å². The highest BCUT2D eigenvalue weighted by molar-refractivity contribution is 14.0. The quantitative estimate of drug-likeness (QED) is 0.173. The molecule has 0 atom stereocenters. The molecule has 0 fully saturated rings. The maximum absolute atomic E-state index is 5.62. The van der Waals surface area contributed by atoms with Crippen molar-refractivity contribution in [2.45, 2.75) is 47.1 Å². The lowest BCUT2D eigenvalue weighted by molar-refractivity contribution is 0.0487. The van der Waals surface area contributed by atoms with Crippen molar-refractivity contribution < 1.29 is 9.47 Å². The van der Waals surface area contributed by atoms with Crippen LogP contribution in [0.2, 0.25) is 0 Å². The molecule has 2 N–H and O–H groups in total. The average Bonchev–Trinajstić information content (AvgIpc) is 3.08. The predicted octanol–water partition coefficient (Wildman–Crippen LogP) is 4.00. The Kier molecular flexibility index (Phi) is 14.2. The van der Waals surface area contributed by atoms with E-state index in [1.54, 1.807) is 0 Å².